The number of hydrogen-bond acceptors (Lipinski definition) is 6. The van der Waals surface area contributed by atoms with E-state index in [1.807, 2.05) is 36.7 Å². The highest BCUT2D eigenvalue weighted by molar-refractivity contribution is 7.15. The summed E-state index contributed by atoms with van der Waals surface area (Å²) in [6.45, 7) is 6.06. The summed E-state index contributed by atoms with van der Waals surface area (Å²) in [5, 5.41) is 16.5. The quantitative estimate of drug-likeness (QED) is 0.530. The molecule has 4 aromatic rings. The Morgan fingerprint density at radius 2 is 2.04 bits per heavy atom. The van der Waals surface area contributed by atoms with Crippen molar-refractivity contribution in [1.82, 2.24) is 9.38 Å². The SMILES string of the molecule is CC(C)(C)Nc1c(-c2c(O)c3ccccc3oc2=O)nc2sccn12. The predicted molar refractivity (Wildman–Crippen MR) is 99.6 cm³/mol. The molecule has 6 nitrogen and oxygen atoms in total. The number of benzene rings is 1. The van der Waals surface area contributed by atoms with Crippen LogP contribution in [0.25, 0.3) is 27.2 Å². The Balaban J connectivity index is 2.05. The molecule has 0 aliphatic carbocycles. The van der Waals surface area contributed by atoms with E-state index in [1.165, 1.54) is 11.3 Å². The maximum Gasteiger partial charge on any atom is 0.349 e. The van der Waals surface area contributed by atoms with E-state index in [2.05, 4.69) is 10.3 Å². The zero-order chi connectivity index (χ0) is 17.8. The highest BCUT2D eigenvalue weighted by Crippen LogP contribution is 2.38. The monoisotopic (exact) mass is 355 g/mol. The van der Waals surface area contributed by atoms with E-state index < -0.39 is 5.63 Å². The van der Waals surface area contributed by atoms with Gasteiger partial charge in [-0.05, 0) is 32.9 Å². The van der Waals surface area contributed by atoms with Crippen LogP contribution in [0, 0.1) is 0 Å². The van der Waals surface area contributed by atoms with Crippen molar-refractivity contribution in [3.63, 3.8) is 0 Å². The number of nitrogens with one attached hydrogen (secondary N) is 1. The molecule has 7 heteroatoms. The molecule has 25 heavy (non-hydrogen) atoms. The van der Waals surface area contributed by atoms with Crippen molar-refractivity contribution in [2.75, 3.05) is 5.32 Å². The van der Waals surface area contributed by atoms with Gasteiger partial charge in [0, 0.05) is 17.1 Å². The molecule has 0 saturated carbocycles. The lowest BCUT2D eigenvalue weighted by atomic mass is 10.1. The number of aromatic nitrogens is 2. The van der Waals surface area contributed by atoms with Gasteiger partial charge in [-0.3, -0.25) is 4.40 Å². The van der Waals surface area contributed by atoms with Crippen LogP contribution in [-0.2, 0) is 0 Å². The molecule has 0 amide bonds. The summed E-state index contributed by atoms with van der Waals surface area (Å²) in [4.78, 5) is 17.9. The van der Waals surface area contributed by atoms with Crippen LogP contribution in [-0.4, -0.2) is 20.0 Å². The van der Waals surface area contributed by atoms with Crippen LogP contribution in [0.4, 0.5) is 5.82 Å². The van der Waals surface area contributed by atoms with E-state index >= 15 is 0 Å². The Hall–Kier alpha value is -2.80. The topological polar surface area (TPSA) is 79.8 Å². The largest absolute Gasteiger partial charge is 0.506 e. The van der Waals surface area contributed by atoms with Gasteiger partial charge in [-0.2, -0.15) is 0 Å². The van der Waals surface area contributed by atoms with Crippen molar-refractivity contribution in [3.05, 3.63) is 46.3 Å². The molecule has 128 valence electrons. The minimum atomic E-state index is -0.612. The van der Waals surface area contributed by atoms with Crippen molar-refractivity contribution in [2.45, 2.75) is 26.3 Å². The lowest BCUT2D eigenvalue weighted by Gasteiger charge is -2.22. The first-order valence-corrected chi connectivity index (χ1v) is 8.72. The molecular formula is C18H17N3O3S. The maximum atomic E-state index is 12.6. The number of thiazole rings is 1. The van der Waals surface area contributed by atoms with Crippen LogP contribution in [0.3, 0.4) is 0 Å². The standard InChI is InChI=1S/C18H17N3O3S/c1-18(2,3)20-15-13(19-17-21(15)8-9-25-17)12-14(22)10-6-4-5-7-11(10)24-16(12)23/h4-9,20,22H,1-3H3. The minimum absolute atomic E-state index is 0.0707. The summed E-state index contributed by atoms with van der Waals surface area (Å²) in [6, 6.07) is 6.90. The van der Waals surface area contributed by atoms with Gasteiger partial charge in [-0.1, -0.05) is 12.1 Å². The lowest BCUT2D eigenvalue weighted by Crippen LogP contribution is -2.27. The fourth-order valence-electron chi connectivity index (χ4n) is 2.78. The van der Waals surface area contributed by atoms with Gasteiger partial charge in [-0.15, -0.1) is 11.3 Å². The van der Waals surface area contributed by atoms with E-state index in [1.54, 1.807) is 24.3 Å². The predicted octanol–water partition coefficient (Wildman–Crippen LogP) is 4.09. The third kappa shape index (κ3) is 2.56. The van der Waals surface area contributed by atoms with E-state index in [9.17, 15) is 9.90 Å². The van der Waals surface area contributed by atoms with Gasteiger partial charge in [0.05, 0.1) is 5.39 Å². The van der Waals surface area contributed by atoms with Gasteiger partial charge in [0.1, 0.15) is 28.4 Å². The molecule has 0 fully saturated rings. The molecule has 0 saturated heterocycles. The fourth-order valence-corrected chi connectivity index (χ4v) is 3.49. The summed E-state index contributed by atoms with van der Waals surface area (Å²) >= 11 is 1.46. The second-order valence-corrected chi connectivity index (χ2v) is 7.72. The zero-order valence-electron chi connectivity index (χ0n) is 14.0. The normalized spacial score (nSPS) is 12.1. The van der Waals surface area contributed by atoms with E-state index in [0.29, 0.717) is 22.5 Å². The number of aromatic hydroxyl groups is 1. The summed E-state index contributed by atoms with van der Waals surface area (Å²) < 4.78 is 7.27. The summed E-state index contributed by atoms with van der Waals surface area (Å²) in [5.74, 6) is 0.538. The fraction of sp³-hybridized carbons (Fsp3) is 0.222. The molecule has 1 aromatic carbocycles. The van der Waals surface area contributed by atoms with Crippen LogP contribution in [0.1, 0.15) is 20.8 Å². The highest BCUT2D eigenvalue weighted by Gasteiger charge is 2.25. The van der Waals surface area contributed by atoms with Crippen molar-refractivity contribution < 1.29 is 9.52 Å². The number of imidazole rings is 1. The Labute approximate surface area is 147 Å². The van der Waals surface area contributed by atoms with Gasteiger partial charge in [0.15, 0.2) is 4.96 Å². The van der Waals surface area contributed by atoms with Gasteiger partial charge >= 0.3 is 5.63 Å². The van der Waals surface area contributed by atoms with Crippen molar-refractivity contribution >= 4 is 33.1 Å². The molecule has 0 aliphatic rings. The van der Waals surface area contributed by atoms with Gasteiger partial charge < -0.3 is 14.8 Å². The van der Waals surface area contributed by atoms with Crippen LogP contribution < -0.4 is 10.9 Å². The molecule has 0 spiro atoms. The molecular weight excluding hydrogens is 338 g/mol. The first-order chi connectivity index (χ1) is 11.8. The molecule has 0 radical (unpaired) electrons. The Morgan fingerprint density at radius 3 is 2.80 bits per heavy atom. The Kier molecular flexibility index (Phi) is 3.36. The average molecular weight is 355 g/mol. The first kappa shape index (κ1) is 15.7. The average Bonchev–Trinajstić information content (AvgIpc) is 3.10. The van der Waals surface area contributed by atoms with Crippen molar-refractivity contribution in [1.29, 1.82) is 0 Å². The first-order valence-electron chi connectivity index (χ1n) is 7.84. The second kappa shape index (κ2) is 5.35. The van der Waals surface area contributed by atoms with Crippen LogP contribution in [0.5, 0.6) is 5.75 Å². The van der Waals surface area contributed by atoms with Crippen LogP contribution in [0.2, 0.25) is 0 Å². The smallest absolute Gasteiger partial charge is 0.349 e. The lowest BCUT2D eigenvalue weighted by molar-refractivity contribution is 0.471. The van der Waals surface area contributed by atoms with Crippen molar-refractivity contribution in [2.24, 2.45) is 0 Å². The summed E-state index contributed by atoms with van der Waals surface area (Å²) in [6.07, 6.45) is 1.88. The Morgan fingerprint density at radius 1 is 1.28 bits per heavy atom. The van der Waals surface area contributed by atoms with Gasteiger partial charge in [0.25, 0.3) is 0 Å². The number of anilines is 1. The maximum absolute atomic E-state index is 12.6. The molecule has 0 unspecified atom stereocenters. The molecule has 0 bridgehead atoms. The second-order valence-electron chi connectivity index (χ2n) is 6.85. The third-order valence-corrected chi connectivity index (χ3v) is 4.53. The minimum Gasteiger partial charge on any atom is -0.506 e. The molecule has 0 aliphatic heterocycles. The molecule has 3 aromatic heterocycles. The van der Waals surface area contributed by atoms with E-state index in [-0.39, 0.29) is 16.9 Å². The van der Waals surface area contributed by atoms with E-state index in [0.717, 1.165) is 4.96 Å². The van der Waals surface area contributed by atoms with Crippen molar-refractivity contribution in [3.8, 4) is 17.0 Å². The Bertz CT molecular complexity index is 1150. The number of nitrogens with zero attached hydrogens (tertiary/aromatic N) is 2. The summed E-state index contributed by atoms with van der Waals surface area (Å²) in [7, 11) is 0. The van der Waals surface area contributed by atoms with E-state index in [4.69, 9.17) is 4.42 Å². The van der Waals surface area contributed by atoms with Gasteiger partial charge in [-0.25, -0.2) is 9.78 Å². The highest BCUT2D eigenvalue weighted by atomic mass is 32.1. The number of hydrogen-bond donors (Lipinski definition) is 2. The molecule has 4 rings (SSSR count). The number of rotatable bonds is 2. The van der Waals surface area contributed by atoms with Gasteiger partial charge in [0.2, 0.25) is 0 Å². The molecule has 3 heterocycles. The van der Waals surface area contributed by atoms with Crippen LogP contribution >= 0.6 is 11.3 Å². The summed E-state index contributed by atoms with van der Waals surface area (Å²) in [5.41, 5.74) is -0.0570. The molecule has 2 N–H and O–H groups in total. The zero-order valence-corrected chi connectivity index (χ0v) is 14.8. The third-order valence-electron chi connectivity index (χ3n) is 3.78. The van der Waals surface area contributed by atoms with Crippen LogP contribution in [0.15, 0.2) is 45.1 Å². The number of para-hydroxylation sites is 1. The number of fused-ring (bicyclic) bond motifs is 2. The molecule has 0 atom stereocenters.